The van der Waals surface area contributed by atoms with Crippen LogP contribution in [0.15, 0.2) is 35.8 Å². The smallest absolute Gasteiger partial charge is 0.112 e. The molecular weight excluding hydrogens is 150 g/mol. The predicted octanol–water partition coefficient (Wildman–Crippen LogP) is 2.27. The lowest BCUT2D eigenvalue weighted by Crippen LogP contribution is -2.32. The van der Waals surface area contributed by atoms with Crippen molar-refractivity contribution in [3.63, 3.8) is 0 Å². The van der Waals surface area contributed by atoms with Gasteiger partial charge < -0.3 is 10.4 Å². The van der Waals surface area contributed by atoms with Crippen molar-refractivity contribution in [1.82, 2.24) is 5.32 Å². The van der Waals surface area contributed by atoms with E-state index in [1.54, 1.807) is 0 Å². The zero-order chi connectivity index (χ0) is 9.14. The highest BCUT2D eigenvalue weighted by atomic mass is 16.3. The van der Waals surface area contributed by atoms with E-state index in [1.165, 1.54) is 0 Å². The molecule has 0 spiro atoms. The van der Waals surface area contributed by atoms with Gasteiger partial charge in [-0.05, 0) is 25.0 Å². The van der Waals surface area contributed by atoms with Crippen molar-refractivity contribution in [2.45, 2.75) is 26.3 Å². The van der Waals surface area contributed by atoms with Gasteiger partial charge in [0.25, 0.3) is 0 Å². The Bertz CT molecular complexity index is 251. The molecule has 2 nitrogen and oxygen atoms in total. The number of nitrogens with one attached hydrogen (secondary N) is 1. The van der Waals surface area contributed by atoms with Crippen LogP contribution in [0.5, 0.6) is 0 Å². The lowest BCUT2D eigenvalue weighted by molar-refractivity contribution is 0.365. The summed E-state index contributed by atoms with van der Waals surface area (Å²) < 4.78 is 0. The van der Waals surface area contributed by atoms with E-state index in [9.17, 15) is 5.11 Å². The minimum Gasteiger partial charge on any atom is -0.510 e. The third-order valence-corrected chi connectivity index (χ3v) is 2.05. The van der Waals surface area contributed by atoms with Gasteiger partial charge in [0.1, 0.15) is 11.8 Å². The van der Waals surface area contributed by atoms with Gasteiger partial charge in [0.05, 0.1) is 0 Å². The standard InChI is InChI=1S/C10H15NO/c1-4-9-6-5-7(2)10(11-9)8(3)12/h5-6,10-12H,3-4H2,1-2H3. The Balaban J connectivity index is 2.79. The summed E-state index contributed by atoms with van der Waals surface area (Å²) in [6.45, 7) is 7.57. The molecule has 0 fully saturated rings. The van der Waals surface area contributed by atoms with Gasteiger partial charge in [0, 0.05) is 5.70 Å². The van der Waals surface area contributed by atoms with E-state index in [0.717, 1.165) is 17.7 Å². The Kier molecular flexibility index (Phi) is 2.58. The molecule has 0 aromatic heterocycles. The summed E-state index contributed by atoms with van der Waals surface area (Å²) >= 11 is 0. The molecule has 1 aliphatic rings. The van der Waals surface area contributed by atoms with Crippen molar-refractivity contribution in [2.75, 3.05) is 0 Å². The van der Waals surface area contributed by atoms with Crippen LogP contribution in [0.2, 0.25) is 0 Å². The van der Waals surface area contributed by atoms with Crippen molar-refractivity contribution in [2.24, 2.45) is 0 Å². The molecule has 1 heterocycles. The normalized spacial score (nSPS) is 22.3. The number of allylic oxidation sites excluding steroid dienone is 3. The van der Waals surface area contributed by atoms with Crippen LogP contribution in [0.1, 0.15) is 20.3 Å². The average molecular weight is 165 g/mol. The second-order valence-corrected chi connectivity index (χ2v) is 3.02. The second-order valence-electron chi connectivity index (χ2n) is 3.02. The van der Waals surface area contributed by atoms with Crippen LogP contribution in [-0.4, -0.2) is 11.1 Å². The van der Waals surface area contributed by atoms with Crippen molar-refractivity contribution < 1.29 is 5.11 Å². The molecule has 2 N–H and O–H groups in total. The SMILES string of the molecule is C=C(O)C1NC(CC)=CC=C1C. The van der Waals surface area contributed by atoms with Crippen LogP contribution < -0.4 is 5.32 Å². The number of hydrogen-bond donors (Lipinski definition) is 2. The Hall–Kier alpha value is -1.18. The molecule has 1 atom stereocenters. The van der Waals surface area contributed by atoms with Crippen LogP contribution in [0.3, 0.4) is 0 Å². The lowest BCUT2D eigenvalue weighted by Gasteiger charge is -2.24. The number of aliphatic hydroxyl groups is 1. The summed E-state index contributed by atoms with van der Waals surface area (Å²) in [4.78, 5) is 0. The van der Waals surface area contributed by atoms with E-state index in [1.807, 2.05) is 19.1 Å². The molecule has 0 saturated heterocycles. The summed E-state index contributed by atoms with van der Waals surface area (Å²) in [5.41, 5.74) is 2.24. The monoisotopic (exact) mass is 165 g/mol. The molecule has 12 heavy (non-hydrogen) atoms. The Morgan fingerprint density at radius 1 is 1.67 bits per heavy atom. The van der Waals surface area contributed by atoms with E-state index < -0.39 is 0 Å². The predicted molar refractivity (Wildman–Crippen MR) is 50.8 cm³/mol. The molecule has 0 saturated carbocycles. The Labute approximate surface area is 73.3 Å². The molecule has 1 rings (SSSR count). The van der Waals surface area contributed by atoms with E-state index >= 15 is 0 Å². The molecule has 2 heteroatoms. The number of aliphatic hydroxyl groups excluding tert-OH is 1. The molecular formula is C10H15NO. The topological polar surface area (TPSA) is 32.3 Å². The van der Waals surface area contributed by atoms with E-state index in [2.05, 4.69) is 18.8 Å². The Morgan fingerprint density at radius 3 is 2.83 bits per heavy atom. The fourth-order valence-electron chi connectivity index (χ4n) is 1.24. The maximum Gasteiger partial charge on any atom is 0.112 e. The highest BCUT2D eigenvalue weighted by Crippen LogP contribution is 2.16. The second kappa shape index (κ2) is 3.48. The summed E-state index contributed by atoms with van der Waals surface area (Å²) in [6.07, 6.45) is 5.00. The highest BCUT2D eigenvalue weighted by molar-refractivity contribution is 5.31. The van der Waals surface area contributed by atoms with Crippen molar-refractivity contribution >= 4 is 0 Å². The zero-order valence-electron chi connectivity index (χ0n) is 7.59. The molecule has 0 bridgehead atoms. The third kappa shape index (κ3) is 1.70. The molecule has 1 unspecified atom stereocenters. The van der Waals surface area contributed by atoms with Crippen molar-refractivity contribution in [3.8, 4) is 0 Å². The highest BCUT2D eigenvalue weighted by Gasteiger charge is 2.16. The zero-order valence-corrected chi connectivity index (χ0v) is 7.59. The molecule has 0 aliphatic carbocycles. The maximum absolute atomic E-state index is 9.24. The Morgan fingerprint density at radius 2 is 2.33 bits per heavy atom. The van der Waals surface area contributed by atoms with Gasteiger partial charge in [-0.2, -0.15) is 0 Å². The molecule has 0 aromatic rings. The maximum atomic E-state index is 9.24. The van der Waals surface area contributed by atoms with Crippen molar-refractivity contribution in [1.29, 1.82) is 0 Å². The molecule has 0 aromatic carbocycles. The summed E-state index contributed by atoms with van der Waals surface area (Å²) in [5.74, 6) is 0.183. The van der Waals surface area contributed by atoms with Crippen LogP contribution in [0.25, 0.3) is 0 Å². The lowest BCUT2D eigenvalue weighted by atomic mass is 10.0. The largest absolute Gasteiger partial charge is 0.510 e. The first-order valence-electron chi connectivity index (χ1n) is 4.16. The molecule has 0 amide bonds. The first-order valence-corrected chi connectivity index (χ1v) is 4.16. The van der Waals surface area contributed by atoms with E-state index in [0.29, 0.717) is 0 Å². The summed E-state index contributed by atoms with van der Waals surface area (Å²) in [6, 6.07) is -0.0926. The molecule has 0 radical (unpaired) electrons. The fraction of sp³-hybridized carbons (Fsp3) is 0.400. The van der Waals surface area contributed by atoms with Gasteiger partial charge in [0.2, 0.25) is 0 Å². The van der Waals surface area contributed by atoms with Gasteiger partial charge >= 0.3 is 0 Å². The minimum absolute atomic E-state index is 0.0926. The van der Waals surface area contributed by atoms with Gasteiger partial charge in [0.15, 0.2) is 0 Å². The van der Waals surface area contributed by atoms with Crippen LogP contribution in [0, 0.1) is 0 Å². The third-order valence-electron chi connectivity index (χ3n) is 2.05. The molecule has 66 valence electrons. The van der Waals surface area contributed by atoms with Crippen LogP contribution >= 0.6 is 0 Å². The van der Waals surface area contributed by atoms with Gasteiger partial charge in [-0.3, -0.25) is 0 Å². The summed E-state index contributed by atoms with van der Waals surface area (Å²) in [5, 5.41) is 12.4. The van der Waals surface area contributed by atoms with Crippen LogP contribution in [-0.2, 0) is 0 Å². The number of hydrogen-bond acceptors (Lipinski definition) is 2. The van der Waals surface area contributed by atoms with Gasteiger partial charge in [-0.15, -0.1) is 0 Å². The number of rotatable bonds is 2. The quantitative estimate of drug-likeness (QED) is 0.615. The fourth-order valence-corrected chi connectivity index (χ4v) is 1.24. The minimum atomic E-state index is -0.0926. The first-order chi connectivity index (χ1) is 5.65. The van der Waals surface area contributed by atoms with Crippen LogP contribution in [0.4, 0.5) is 0 Å². The van der Waals surface area contributed by atoms with E-state index in [-0.39, 0.29) is 11.8 Å². The molecule has 1 aliphatic heterocycles. The van der Waals surface area contributed by atoms with Gasteiger partial charge in [-0.1, -0.05) is 19.6 Å². The number of dihydropyridines is 1. The van der Waals surface area contributed by atoms with Crippen molar-refractivity contribution in [3.05, 3.63) is 35.8 Å². The summed E-state index contributed by atoms with van der Waals surface area (Å²) in [7, 11) is 0. The van der Waals surface area contributed by atoms with Gasteiger partial charge in [-0.25, -0.2) is 0 Å². The van der Waals surface area contributed by atoms with E-state index in [4.69, 9.17) is 0 Å². The first kappa shape index (κ1) is 8.91. The average Bonchev–Trinajstić information content (AvgIpc) is 2.05.